The number of aromatic nitrogens is 1. The Morgan fingerprint density at radius 1 is 1.47 bits per heavy atom. The van der Waals surface area contributed by atoms with Crippen molar-refractivity contribution in [2.75, 3.05) is 26.7 Å². The highest BCUT2D eigenvalue weighted by atomic mass is 16.5. The van der Waals surface area contributed by atoms with Crippen LogP contribution in [-0.2, 0) is 0 Å². The Balaban J connectivity index is 1.95. The maximum absolute atomic E-state index is 6.01. The van der Waals surface area contributed by atoms with Crippen LogP contribution in [0.25, 0.3) is 0 Å². The van der Waals surface area contributed by atoms with E-state index in [2.05, 4.69) is 48.2 Å². The predicted octanol–water partition coefficient (Wildman–Crippen LogP) is 2.23. The van der Waals surface area contributed by atoms with E-state index in [1.54, 1.807) is 0 Å². The summed E-state index contributed by atoms with van der Waals surface area (Å²) in [6, 6.07) is 4.45. The van der Waals surface area contributed by atoms with Crippen LogP contribution in [-0.4, -0.2) is 42.7 Å². The van der Waals surface area contributed by atoms with Gasteiger partial charge in [0, 0.05) is 31.4 Å². The smallest absolute Gasteiger partial charge is 0.213 e. The quantitative estimate of drug-likeness (QED) is 0.884. The van der Waals surface area contributed by atoms with Crippen LogP contribution in [0, 0.1) is 0 Å². The molecular formula is C15H25N3O. The first-order chi connectivity index (χ1) is 9.19. The molecule has 1 aromatic rings. The molecule has 1 aromatic heterocycles. The molecular weight excluding hydrogens is 238 g/mol. The summed E-state index contributed by atoms with van der Waals surface area (Å²) < 4.78 is 6.01. The van der Waals surface area contributed by atoms with Crippen LogP contribution in [0.15, 0.2) is 18.3 Å². The molecule has 1 saturated heterocycles. The number of pyridine rings is 1. The van der Waals surface area contributed by atoms with E-state index >= 15 is 0 Å². The minimum atomic E-state index is 0.313. The average molecular weight is 263 g/mol. The number of likely N-dealkylation sites (tertiary alicyclic amines) is 1. The molecule has 106 valence electrons. The number of ether oxygens (including phenoxy) is 1. The zero-order chi connectivity index (χ0) is 13.7. The summed E-state index contributed by atoms with van der Waals surface area (Å²) in [7, 11) is 2.16. The van der Waals surface area contributed by atoms with E-state index in [0.29, 0.717) is 12.1 Å². The van der Waals surface area contributed by atoms with Gasteiger partial charge in [0.2, 0.25) is 5.88 Å². The van der Waals surface area contributed by atoms with Gasteiger partial charge in [0.15, 0.2) is 0 Å². The Bertz CT molecular complexity index is 389. The predicted molar refractivity (Wildman–Crippen MR) is 77.5 cm³/mol. The monoisotopic (exact) mass is 263 g/mol. The second kappa shape index (κ2) is 6.87. The van der Waals surface area contributed by atoms with Gasteiger partial charge in [-0.05, 0) is 45.0 Å². The Morgan fingerprint density at radius 3 is 2.89 bits per heavy atom. The molecule has 1 aliphatic heterocycles. The molecule has 0 spiro atoms. The van der Waals surface area contributed by atoms with Crippen molar-refractivity contribution in [1.82, 2.24) is 15.2 Å². The lowest BCUT2D eigenvalue weighted by molar-refractivity contribution is 0.110. The Hall–Kier alpha value is -1.13. The maximum atomic E-state index is 6.01. The highest BCUT2D eigenvalue weighted by Gasteiger charge is 2.18. The third-order valence-electron chi connectivity index (χ3n) is 3.72. The summed E-state index contributed by atoms with van der Waals surface area (Å²) >= 11 is 0. The molecule has 1 aliphatic rings. The van der Waals surface area contributed by atoms with Crippen LogP contribution in [0.3, 0.4) is 0 Å². The molecule has 0 amide bonds. The van der Waals surface area contributed by atoms with Crippen molar-refractivity contribution in [3.05, 3.63) is 23.9 Å². The number of hydrogen-bond donors (Lipinski definition) is 1. The van der Waals surface area contributed by atoms with Crippen LogP contribution in [0.5, 0.6) is 5.88 Å². The molecule has 1 fully saturated rings. The van der Waals surface area contributed by atoms with Crippen LogP contribution < -0.4 is 10.1 Å². The summed E-state index contributed by atoms with van der Waals surface area (Å²) in [6.07, 6.45) is 4.33. The van der Waals surface area contributed by atoms with E-state index in [-0.39, 0.29) is 0 Å². The first-order valence-corrected chi connectivity index (χ1v) is 7.23. The molecule has 0 aromatic carbocycles. The van der Waals surface area contributed by atoms with Crippen LogP contribution >= 0.6 is 0 Å². The zero-order valence-electron chi connectivity index (χ0n) is 12.2. The Morgan fingerprint density at radius 2 is 2.21 bits per heavy atom. The minimum Gasteiger partial charge on any atom is -0.474 e. The minimum absolute atomic E-state index is 0.313. The molecule has 2 heterocycles. The SMILES string of the molecule is CCNC(C)c1ccnc(OC2CCN(C)CC2)c1. The van der Waals surface area contributed by atoms with Crippen LogP contribution in [0.4, 0.5) is 0 Å². The van der Waals surface area contributed by atoms with Gasteiger partial charge in [0.25, 0.3) is 0 Å². The van der Waals surface area contributed by atoms with E-state index in [4.69, 9.17) is 4.74 Å². The highest BCUT2D eigenvalue weighted by molar-refractivity contribution is 5.23. The number of nitrogens with one attached hydrogen (secondary N) is 1. The van der Waals surface area contributed by atoms with E-state index < -0.39 is 0 Å². The largest absolute Gasteiger partial charge is 0.474 e. The first-order valence-electron chi connectivity index (χ1n) is 7.23. The molecule has 19 heavy (non-hydrogen) atoms. The summed E-state index contributed by atoms with van der Waals surface area (Å²) in [5, 5.41) is 3.41. The van der Waals surface area contributed by atoms with E-state index in [1.807, 2.05) is 6.20 Å². The number of nitrogens with zero attached hydrogens (tertiary/aromatic N) is 2. The molecule has 4 nitrogen and oxygen atoms in total. The number of rotatable bonds is 5. The van der Waals surface area contributed by atoms with Gasteiger partial charge in [-0.1, -0.05) is 6.92 Å². The first kappa shape index (κ1) is 14.3. The summed E-state index contributed by atoms with van der Waals surface area (Å²) in [4.78, 5) is 6.68. The lowest BCUT2D eigenvalue weighted by Crippen LogP contribution is -2.35. The van der Waals surface area contributed by atoms with Gasteiger partial charge in [-0.25, -0.2) is 4.98 Å². The average Bonchev–Trinajstić information content (AvgIpc) is 2.42. The van der Waals surface area contributed by atoms with Gasteiger partial charge in [-0.3, -0.25) is 0 Å². The Labute approximate surface area is 116 Å². The Kier molecular flexibility index (Phi) is 5.16. The maximum Gasteiger partial charge on any atom is 0.213 e. The second-order valence-electron chi connectivity index (χ2n) is 5.33. The van der Waals surface area contributed by atoms with Gasteiger partial charge >= 0.3 is 0 Å². The fourth-order valence-electron chi connectivity index (χ4n) is 2.46. The highest BCUT2D eigenvalue weighted by Crippen LogP contribution is 2.20. The third kappa shape index (κ3) is 4.18. The summed E-state index contributed by atoms with van der Waals surface area (Å²) in [6.45, 7) is 7.47. The molecule has 0 saturated carbocycles. The van der Waals surface area contributed by atoms with Crippen molar-refractivity contribution in [3.8, 4) is 5.88 Å². The fraction of sp³-hybridized carbons (Fsp3) is 0.667. The molecule has 1 atom stereocenters. The van der Waals surface area contributed by atoms with E-state index in [1.165, 1.54) is 5.56 Å². The summed E-state index contributed by atoms with van der Waals surface area (Å²) in [5.74, 6) is 0.761. The van der Waals surface area contributed by atoms with Crippen molar-refractivity contribution < 1.29 is 4.74 Å². The lowest BCUT2D eigenvalue weighted by Gasteiger charge is -2.29. The second-order valence-corrected chi connectivity index (χ2v) is 5.33. The topological polar surface area (TPSA) is 37.4 Å². The van der Waals surface area contributed by atoms with Crippen molar-refractivity contribution in [2.24, 2.45) is 0 Å². The normalized spacial score (nSPS) is 19.3. The van der Waals surface area contributed by atoms with Crippen molar-refractivity contribution in [2.45, 2.75) is 38.8 Å². The molecule has 0 aliphatic carbocycles. The molecule has 4 heteroatoms. The van der Waals surface area contributed by atoms with Gasteiger partial charge in [0.1, 0.15) is 6.10 Å². The molecule has 0 radical (unpaired) electrons. The fourth-order valence-corrected chi connectivity index (χ4v) is 2.46. The van der Waals surface area contributed by atoms with E-state index in [9.17, 15) is 0 Å². The van der Waals surface area contributed by atoms with Gasteiger partial charge < -0.3 is 15.0 Å². The molecule has 0 bridgehead atoms. The number of piperidine rings is 1. The van der Waals surface area contributed by atoms with E-state index in [0.717, 1.165) is 38.4 Å². The lowest BCUT2D eigenvalue weighted by atomic mass is 10.1. The van der Waals surface area contributed by atoms with Gasteiger partial charge in [-0.2, -0.15) is 0 Å². The van der Waals surface area contributed by atoms with Crippen molar-refractivity contribution in [1.29, 1.82) is 0 Å². The van der Waals surface area contributed by atoms with Gasteiger partial charge in [0.05, 0.1) is 0 Å². The van der Waals surface area contributed by atoms with Crippen LogP contribution in [0.2, 0.25) is 0 Å². The number of hydrogen-bond acceptors (Lipinski definition) is 4. The standard InChI is InChI=1S/C15H25N3O/c1-4-16-12(2)13-5-8-17-15(11-13)19-14-6-9-18(3)10-7-14/h5,8,11-12,14,16H,4,6-7,9-10H2,1-3H3. The zero-order valence-corrected chi connectivity index (χ0v) is 12.2. The molecule has 2 rings (SSSR count). The molecule has 1 unspecified atom stereocenters. The van der Waals surface area contributed by atoms with Crippen molar-refractivity contribution in [3.63, 3.8) is 0 Å². The van der Waals surface area contributed by atoms with Crippen LogP contribution in [0.1, 0.15) is 38.3 Å². The van der Waals surface area contributed by atoms with Crippen molar-refractivity contribution >= 4 is 0 Å². The summed E-state index contributed by atoms with van der Waals surface area (Å²) in [5.41, 5.74) is 1.24. The molecule has 1 N–H and O–H groups in total. The van der Waals surface area contributed by atoms with Gasteiger partial charge in [-0.15, -0.1) is 0 Å². The third-order valence-corrected chi connectivity index (χ3v) is 3.72.